The number of nitrogens with zero attached hydrogens (tertiary/aromatic N) is 2. The number of aryl methyl sites for hydroxylation is 4. The Bertz CT molecular complexity index is 1500. The molecule has 0 saturated carbocycles. The summed E-state index contributed by atoms with van der Waals surface area (Å²) in [5.41, 5.74) is 7.62. The van der Waals surface area contributed by atoms with Crippen molar-refractivity contribution in [3.63, 3.8) is 0 Å². The standard InChI is InChI=1S/C29H37N5O2S/c1-18(2)32-24-8-10-25(11-9-24)34-28-15-20(4)14-27(26(28)17-31-34)30-16-23(7)33-37(35,36)29-21(5)12-19(3)13-22(29)6/h8-15,17-18,23,30,32-33H,16H2,1-7H3/t23-/m0/s1. The highest BCUT2D eigenvalue weighted by Gasteiger charge is 2.22. The van der Waals surface area contributed by atoms with Crippen molar-refractivity contribution in [2.24, 2.45) is 0 Å². The quantitative estimate of drug-likeness (QED) is 0.258. The molecule has 4 rings (SSSR count). The topological polar surface area (TPSA) is 88.1 Å². The van der Waals surface area contributed by atoms with E-state index < -0.39 is 10.0 Å². The lowest BCUT2D eigenvalue weighted by molar-refractivity contribution is 0.564. The number of hydrogen-bond acceptors (Lipinski definition) is 5. The molecule has 1 aromatic heterocycles. The van der Waals surface area contributed by atoms with Crippen LogP contribution in [-0.4, -0.2) is 36.8 Å². The van der Waals surface area contributed by atoms with Crippen molar-refractivity contribution in [1.82, 2.24) is 14.5 Å². The Morgan fingerprint density at radius 3 is 2.14 bits per heavy atom. The van der Waals surface area contributed by atoms with E-state index in [1.165, 1.54) is 0 Å². The van der Waals surface area contributed by atoms with E-state index in [-0.39, 0.29) is 6.04 Å². The maximum Gasteiger partial charge on any atom is 0.241 e. The molecule has 37 heavy (non-hydrogen) atoms. The molecule has 0 amide bonds. The van der Waals surface area contributed by atoms with Crippen molar-refractivity contribution in [3.8, 4) is 5.69 Å². The van der Waals surface area contributed by atoms with Crippen LogP contribution in [0.5, 0.6) is 0 Å². The number of aromatic nitrogens is 2. The third-order valence-electron chi connectivity index (χ3n) is 6.23. The average Bonchev–Trinajstić information content (AvgIpc) is 3.20. The lowest BCUT2D eigenvalue weighted by Gasteiger charge is -2.19. The van der Waals surface area contributed by atoms with Gasteiger partial charge >= 0.3 is 0 Å². The second-order valence-electron chi connectivity index (χ2n) is 10.3. The van der Waals surface area contributed by atoms with Crippen LogP contribution in [0.25, 0.3) is 16.6 Å². The van der Waals surface area contributed by atoms with Crippen LogP contribution in [0.1, 0.15) is 43.0 Å². The fourth-order valence-corrected chi connectivity index (χ4v) is 6.57. The summed E-state index contributed by atoms with van der Waals surface area (Å²) in [7, 11) is -3.65. The predicted molar refractivity (Wildman–Crippen MR) is 153 cm³/mol. The molecule has 1 heterocycles. The molecule has 8 heteroatoms. The summed E-state index contributed by atoms with van der Waals surface area (Å²) < 4.78 is 31.1. The molecule has 0 bridgehead atoms. The number of hydrogen-bond donors (Lipinski definition) is 3. The normalized spacial score (nSPS) is 12.8. The predicted octanol–water partition coefficient (Wildman–Crippen LogP) is 5.86. The fraction of sp³-hybridized carbons (Fsp3) is 0.345. The maximum atomic E-state index is 13.2. The van der Waals surface area contributed by atoms with Crippen LogP contribution in [0.15, 0.2) is 59.6 Å². The van der Waals surface area contributed by atoms with Gasteiger partial charge in [-0.25, -0.2) is 17.8 Å². The first-order chi connectivity index (χ1) is 17.4. The van der Waals surface area contributed by atoms with Crippen LogP contribution in [0.2, 0.25) is 0 Å². The van der Waals surface area contributed by atoms with Gasteiger partial charge in [-0.15, -0.1) is 0 Å². The van der Waals surface area contributed by atoms with E-state index in [0.717, 1.165) is 50.2 Å². The molecule has 4 aromatic rings. The second-order valence-corrected chi connectivity index (χ2v) is 11.9. The lowest BCUT2D eigenvalue weighted by Crippen LogP contribution is -2.38. The van der Waals surface area contributed by atoms with Gasteiger partial charge in [-0.2, -0.15) is 5.10 Å². The molecule has 1 atom stereocenters. The average molecular weight is 520 g/mol. The monoisotopic (exact) mass is 519 g/mol. The van der Waals surface area contributed by atoms with Gasteiger partial charge in [0.2, 0.25) is 10.0 Å². The van der Waals surface area contributed by atoms with E-state index in [1.54, 1.807) is 0 Å². The molecule has 0 radical (unpaired) electrons. The first kappa shape index (κ1) is 26.7. The van der Waals surface area contributed by atoms with Crippen LogP contribution < -0.4 is 15.4 Å². The van der Waals surface area contributed by atoms with E-state index in [0.29, 0.717) is 17.5 Å². The van der Waals surface area contributed by atoms with Gasteiger partial charge in [0, 0.05) is 35.4 Å². The Morgan fingerprint density at radius 1 is 0.892 bits per heavy atom. The number of rotatable bonds is 9. The summed E-state index contributed by atoms with van der Waals surface area (Å²) in [6.07, 6.45) is 1.85. The largest absolute Gasteiger partial charge is 0.383 e. The minimum absolute atomic E-state index is 0.322. The zero-order valence-corrected chi connectivity index (χ0v) is 23.5. The van der Waals surface area contributed by atoms with E-state index >= 15 is 0 Å². The van der Waals surface area contributed by atoms with Gasteiger partial charge < -0.3 is 10.6 Å². The molecule has 0 fully saturated rings. The summed E-state index contributed by atoms with van der Waals surface area (Å²) in [6, 6.07) is 16.3. The highest BCUT2D eigenvalue weighted by molar-refractivity contribution is 7.89. The molecule has 0 unspecified atom stereocenters. The molecule has 0 saturated heterocycles. The van der Waals surface area contributed by atoms with Crippen LogP contribution in [0.3, 0.4) is 0 Å². The zero-order valence-electron chi connectivity index (χ0n) is 22.7. The molecular weight excluding hydrogens is 482 g/mol. The van der Waals surface area contributed by atoms with Crippen molar-refractivity contribution in [2.45, 2.75) is 65.4 Å². The van der Waals surface area contributed by atoms with Crippen molar-refractivity contribution in [2.75, 3.05) is 17.2 Å². The van der Waals surface area contributed by atoms with Gasteiger partial charge in [0.1, 0.15) is 0 Å². The maximum absolute atomic E-state index is 13.2. The summed E-state index contributed by atoms with van der Waals surface area (Å²) >= 11 is 0. The second kappa shape index (κ2) is 10.6. The van der Waals surface area contributed by atoms with Crippen LogP contribution >= 0.6 is 0 Å². The first-order valence-electron chi connectivity index (χ1n) is 12.6. The van der Waals surface area contributed by atoms with Gasteiger partial charge in [-0.05, 0) is 102 Å². The highest BCUT2D eigenvalue weighted by Crippen LogP contribution is 2.28. The van der Waals surface area contributed by atoms with Crippen molar-refractivity contribution in [3.05, 3.63) is 77.0 Å². The van der Waals surface area contributed by atoms with Crippen LogP contribution in [0.4, 0.5) is 11.4 Å². The molecule has 3 aromatic carbocycles. The zero-order chi connectivity index (χ0) is 26.9. The third kappa shape index (κ3) is 5.97. The van der Waals surface area contributed by atoms with E-state index in [1.807, 2.05) is 57.6 Å². The summed E-state index contributed by atoms with van der Waals surface area (Å²) in [5.74, 6) is 0. The molecule has 7 nitrogen and oxygen atoms in total. The number of nitrogens with one attached hydrogen (secondary N) is 3. The van der Waals surface area contributed by atoms with Crippen molar-refractivity contribution in [1.29, 1.82) is 0 Å². The van der Waals surface area contributed by atoms with Gasteiger partial charge in [0.05, 0.1) is 22.3 Å². The van der Waals surface area contributed by atoms with Crippen molar-refractivity contribution >= 4 is 32.3 Å². The van der Waals surface area contributed by atoms with Gasteiger partial charge in [0.25, 0.3) is 0 Å². The smallest absolute Gasteiger partial charge is 0.241 e. The Hall–Kier alpha value is -3.36. The molecule has 3 N–H and O–H groups in total. The molecule has 0 aliphatic rings. The first-order valence-corrected chi connectivity index (χ1v) is 14.1. The minimum atomic E-state index is -3.65. The number of benzene rings is 3. The molecule has 0 aliphatic heterocycles. The molecular formula is C29H37N5O2S. The van der Waals surface area contributed by atoms with Crippen molar-refractivity contribution < 1.29 is 8.42 Å². The molecule has 0 spiro atoms. The molecule has 196 valence electrons. The van der Waals surface area contributed by atoms with E-state index in [4.69, 9.17) is 0 Å². The summed E-state index contributed by atoms with van der Waals surface area (Å²) in [6.45, 7) is 14.2. The molecule has 0 aliphatic carbocycles. The van der Waals surface area contributed by atoms with Gasteiger partial charge in [-0.1, -0.05) is 17.7 Å². The summed E-state index contributed by atoms with van der Waals surface area (Å²) in [5, 5.41) is 12.5. The Morgan fingerprint density at radius 2 is 1.51 bits per heavy atom. The van der Waals surface area contributed by atoms with Crippen LogP contribution in [-0.2, 0) is 10.0 Å². The number of anilines is 2. The SMILES string of the molecule is Cc1cc(C)c(S(=O)(=O)N[C@@H](C)CNc2cc(C)cc3c2cnn3-c2ccc(NC(C)C)cc2)c(C)c1. The number of fused-ring (bicyclic) bond motifs is 1. The Labute approximate surface area is 220 Å². The third-order valence-corrected chi connectivity index (χ3v) is 8.12. The Balaban J connectivity index is 1.53. The summed E-state index contributed by atoms with van der Waals surface area (Å²) in [4.78, 5) is 0.360. The van der Waals surface area contributed by atoms with E-state index in [9.17, 15) is 8.42 Å². The van der Waals surface area contributed by atoms with E-state index in [2.05, 4.69) is 70.7 Å². The van der Waals surface area contributed by atoms with Gasteiger partial charge in [0.15, 0.2) is 0 Å². The fourth-order valence-electron chi connectivity index (χ4n) is 4.87. The number of sulfonamides is 1. The van der Waals surface area contributed by atoms with Gasteiger partial charge in [-0.3, -0.25) is 0 Å². The Kier molecular flexibility index (Phi) is 7.62. The lowest BCUT2D eigenvalue weighted by atomic mass is 10.1. The highest BCUT2D eigenvalue weighted by atomic mass is 32.2. The van der Waals surface area contributed by atoms with Crippen LogP contribution in [0, 0.1) is 27.7 Å². The minimum Gasteiger partial charge on any atom is -0.383 e.